The van der Waals surface area contributed by atoms with Crippen LogP contribution in [0.1, 0.15) is 108 Å². The number of tetrazole rings is 1. The molecule has 17 heteroatoms. The third kappa shape index (κ3) is 12.8. The van der Waals surface area contributed by atoms with Gasteiger partial charge in [-0.05, 0) is 152 Å². The Morgan fingerprint density at radius 2 is 1.52 bits per heavy atom. The van der Waals surface area contributed by atoms with Gasteiger partial charge in [0.1, 0.15) is 22.7 Å². The topological polar surface area (TPSA) is 220 Å². The molecule has 4 N–H and O–H groups in total. The second kappa shape index (κ2) is 20.5. The number of carbonyl (C=O) groups is 5. The molecule has 2 unspecified atom stereocenters. The number of alkyl carbamates (subject to hydrolysis) is 1. The first-order valence-electron chi connectivity index (χ1n) is 23.0. The first kappa shape index (κ1) is 47.7. The minimum absolute atomic E-state index is 0.0618. The maximum Gasteiger partial charge on any atom is 0.410 e. The van der Waals surface area contributed by atoms with E-state index in [2.05, 4.69) is 41.6 Å². The maximum absolute atomic E-state index is 14.0. The minimum Gasteiger partial charge on any atom is -0.444 e. The van der Waals surface area contributed by atoms with Gasteiger partial charge in [-0.15, -0.1) is 10.2 Å². The summed E-state index contributed by atoms with van der Waals surface area (Å²) in [5, 5.41) is 23.1. The Labute approximate surface area is 385 Å². The highest BCUT2D eigenvalue weighted by Gasteiger charge is 2.44. The highest BCUT2D eigenvalue weighted by molar-refractivity contribution is 5.96. The van der Waals surface area contributed by atoms with Gasteiger partial charge >= 0.3 is 12.2 Å². The van der Waals surface area contributed by atoms with Crippen LogP contribution in [0.5, 0.6) is 0 Å². The highest BCUT2D eigenvalue weighted by atomic mass is 16.6. The molecule has 2 aliphatic heterocycles. The second-order valence-corrected chi connectivity index (χ2v) is 19.9. The molecular formula is C49H63N9O8. The predicted octanol–water partition coefficient (Wildman–Crippen LogP) is 7.22. The normalized spacial score (nSPS) is 21.3. The number of H-pyrrole nitrogens is 1. The Morgan fingerprint density at radius 3 is 2.12 bits per heavy atom. The molecule has 352 valence electrons. The van der Waals surface area contributed by atoms with E-state index in [0.29, 0.717) is 69.1 Å². The highest BCUT2D eigenvalue weighted by Crippen LogP contribution is 2.33. The largest absolute Gasteiger partial charge is 0.444 e. The Kier molecular flexibility index (Phi) is 14.8. The van der Waals surface area contributed by atoms with Gasteiger partial charge in [-0.25, -0.2) is 9.59 Å². The summed E-state index contributed by atoms with van der Waals surface area (Å²) in [5.74, 6) is -0.586. The summed E-state index contributed by atoms with van der Waals surface area (Å²) in [4.78, 5) is 73.0. The second-order valence-electron chi connectivity index (χ2n) is 19.9. The first-order valence-corrected chi connectivity index (χ1v) is 23.0. The maximum atomic E-state index is 14.0. The number of aryl methyl sites for hydroxylation is 1. The SMILES string of the molecule is Cc1cc(C(=O)NC2CC3COCC(C2)N3C(=O)OC(C)(C)C)ncc1-c1ccc(C[C@H](CC(=O)C2CCC(CNC(=O)OC(C)(C)C)CC2)C(=O)Nc2ccc(-c3nn[nH]n3)cc2)cc1. The van der Waals surface area contributed by atoms with Crippen molar-refractivity contribution in [3.8, 4) is 22.5 Å². The Hall–Kier alpha value is -6.23. The average molecular weight is 906 g/mol. The average Bonchev–Trinajstić information content (AvgIpc) is 3.80. The van der Waals surface area contributed by atoms with Crippen molar-refractivity contribution < 1.29 is 38.2 Å². The summed E-state index contributed by atoms with van der Waals surface area (Å²) in [7, 11) is 0. The Bertz CT molecular complexity index is 2320. The zero-order valence-electron chi connectivity index (χ0n) is 39.0. The predicted molar refractivity (Wildman–Crippen MR) is 246 cm³/mol. The Balaban J connectivity index is 0.978. The number of fused-ring (bicyclic) bond motifs is 2. The number of piperidine rings is 1. The number of Topliss-reactive ketones (excluding diaryl/α,β-unsaturated/α-hetero) is 1. The van der Waals surface area contributed by atoms with Crippen LogP contribution in [0.2, 0.25) is 0 Å². The van der Waals surface area contributed by atoms with Crippen molar-refractivity contribution in [2.75, 3.05) is 25.1 Å². The van der Waals surface area contributed by atoms with Crippen molar-refractivity contribution in [3.05, 3.63) is 77.6 Å². The zero-order chi connectivity index (χ0) is 47.2. The molecule has 17 nitrogen and oxygen atoms in total. The van der Waals surface area contributed by atoms with Crippen molar-refractivity contribution in [3.63, 3.8) is 0 Å². The van der Waals surface area contributed by atoms with Crippen LogP contribution in [0.4, 0.5) is 15.3 Å². The third-order valence-corrected chi connectivity index (χ3v) is 12.4. The van der Waals surface area contributed by atoms with E-state index in [1.807, 2.05) is 72.7 Å². The van der Waals surface area contributed by atoms with Crippen molar-refractivity contribution in [2.24, 2.45) is 17.8 Å². The molecule has 4 aromatic rings. The number of nitrogens with one attached hydrogen (secondary N) is 4. The fraction of sp³-hybridized carbons (Fsp3) is 0.531. The standard InChI is InChI=1S/C49H63N9O8/c1-29-20-41(45(61)53-37-23-38-27-64-28-39(24-37)58(38)47(63)66-49(5,6)7)50-26-40(29)32-12-8-30(9-13-32)21-35(44(60)52-36-18-16-34(17-19-36)43-54-56-57-55-43)22-42(59)33-14-10-31(11-15-33)25-51-46(62)65-48(2,3)4/h8-9,12-13,16-20,26,31,33,35,37-39H,10-11,14-15,21-25,27-28H2,1-7H3,(H,51,62)(H,52,60)(H,53,61)(H,54,55,56,57)/t31?,33?,35-,37?,38?,39?/m1/s1. The number of rotatable bonds is 13. The summed E-state index contributed by atoms with van der Waals surface area (Å²) in [6, 6.07) is 16.2. The van der Waals surface area contributed by atoms with Crippen LogP contribution in [0.15, 0.2) is 60.8 Å². The molecule has 7 rings (SSSR count). The van der Waals surface area contributed by atoms with Crippen LogP contribution in [0.25, 0.3) is 22.5 Å². The van der Waals surface area contributed by atoms with Gasteiger partial charge in [0, 0.05) is 53.9 Å². The lowest BCUT2D eigenvalue weighted by molar-refractivity contribution is -0.129. The van der Waals surface area contributed by atoms with Gasteiger partial charge in [-0.2, -0.15) is 5.21 Å². The molecule has 2 saturated heterocycles. The van der Waals surface area contributed by atoms with Gasteiger partial charge in [-0.1, -0.05) is 24.3 Å². The van der Waals surface area contributed by atoms with Crippen LogP contribution in [0, 0.1) is 24.7 Å². The number of morpholine rings is 1. The fourth-order valence-electron chi connectivity index (χ4n) is 9.12. The lowest BCUT2D eigenvalue weighted by Gasteiger charge is -2.48. The van der Waals surface area contributed by atoms with Gasteiger partial charge in [0.05, 0.1) is 25.3 Å². The van der Waals surface area contributed by atoms with Crippen LogP contribution >= 0.6 is 0 Å². The van der Waals surface area contributed by atoms with Crippen molar-refractivity contribution in [1.29, 1.82) is 0 Å². The van der Waals surface area contributed by atoms with Gasteiger partial charge in [0.25, 0.3) is 5.91 Å². The summed E-state index contributed by atoms with van der Waals surface area (Å²) < 4.78 is 16.8. The number of aromatic nitrogens is 5. The monoisotopic (exact) mass is 905 g/mol. The van der Waals surface area contributed by atoms with E-state index >= 15 is 0 Å². The van der Waals surface area contributed by atoms with E-state index in [0.717, 1.165) is 40.7 Å². The molecule has 3 aliphatic rings. The van der Waals surface area contributed by atoms with Gasteiger partial charge in [0.15, 0.2) is 0 Å². The number of carbonyl (C=O) groups excluding carboxylic acids is 5. The lowest BCUT2D eigenvalue weighted by atomic mass is 9.77. The number of benzene rings is 2. The number of nitrogens with zero attached hydrogens (tertiary/aromatic N) is 5. The quantitative estimate of drug-likeness (QED) is 0.105. The van der Waals surface area contributed by atoms with Crippen molar-refractivity contribution in [1.82, 2.24) is 41.1 Å². The molecule has 0 spiro atoms. The summed E-state index contributed by atoms with van der Waals surface area (Å²) >= 11 is 0. The number of ether oxygens (including phenoxy) is 3. The minimum atomic E-state index is -0.635. The van der Waals surface area contributed by atoms with Crippen LogP contribution in [-0.2, 0) is 30.2 Å². The zero-order valence-corrected chi connectivity index (χ0v) is 39.0. The van der Waals surface area contributed by atoms with Gasteiger partial charge in [0.2, 0.25) is 11.7 Å². The molecule has 2 aromatic carbocycles. The lowest BCUT2D eigenvalue weighted by Crippen LogP contribution is -2.63. The van der Waals surface area contributed by atoms with E-state index in [4.69, 9.17) is 14.2 Å². The fourth-order valence-corrected chi connectivity index (χ4v) is 9.12. The van der Waals surface area contributed by atoms with E-state index in [1.165, 1.54) is 0 Å². The molecule has 2 bridgehead atoms. The van der Waals surface area contributed by atoms with Crippen LogP contribution in [-0.4, -0.2) is 109 Å². The smallest absolute Gasteiger partial charge is 0.410 e. The van der Waals surface area contributed by atoms with Crippen molar-refractivity contribution in [2.45, 2.75) is 129 Å². The summed E-state index contributed by atoms with van der Waals surface area (Å²) in [6.45, 7) is 14.2. The van der Waals surface area contributed by atoms with E-state index in [9.17, 15) is 24.0 Å². The number of anilines is 1. The molecule has 3 fully saturated rings. The van der Waals surface area contributed by atoms with Crippen LogP contribution < -0.4 is 16.0 Å². The van der Waals surface area contributed by atoms with Crippen molar-refractivity contribution >= 4 is 35.5 Å². The van der Waals surface area contributed by atoms with E-state index < -0.39 is 23.2 Å². The number of hydrogen-bond acceptors (Lipinski definition) is 12. The number of aromatic amines is 1. The van der Waals surface area contributed by atoms with Gasteiger partial charge < -0.3 is 30.2 Å². The molecule has 1 aliphatic carbocycles. The first-order chi connectivity index (χ1) is 31.4. The van der Waals surface area contributed by atoms with Gasteiger partial charge in [-0.3, -0.25) is 24.3 Å². The van der Waals surface area contributed by atoms with Crippen LogP contribution in [0.3, 0.4) is 0 Å². The molecule has 0 radical (unpaired) electrons. The molecule has 2 aromatic heterocycles. The molecular weight excluding hydrogens is 843 g/mol. The number of hydrogen-bond donors (Lipinski definition) is 4. The summed E-state index contributed by atoms with van der Waals surface area (Å²) in [6.07, 6.45) is 5.41. The molecule has 1 saturated carbocycles. The number of amides is 4. The number of ketones is 1. The molecule has 66 heavy (non-hydrogen) atoms. The van der Waals surface area contributed by atoms with E-state index in [1.54, 1.807) is 41.4 Å². The third-order valence-electron chi connectivity index (χ3n) is 12.4. The molecule has 3 atom stereocenters. The number of pyridine rings is 1. The molecule has 4 heterocycles. The Morgan fingerprint density at radius 1 is 0.864 bits per heavy atom. The molecule has 4 amide bonds. The van der Waals surface area contributed by atoms with E-state index in [-0.39, 0.29) is 60.1 Å². The summed E-state index contributed by atoms with van der Waals surface area (Å²) in [5.41, 5.74) is 3.96.